The number of rotatable bonds is 9. The number of nitrogens with one attached hydrogen (secondary N) is 1. The van der Waals surface area contributed by atoms with E-state index in [-0.39, 0.29) is 37.7 Å². The molecule has 2 N–H and O–H groups in total. The monoisotopic (exact) mass is 340 g/mol. The molecular formula is C16H21ClN2O4. The molecule has 1 aromatic rings. The minimum Gasteiger partial charge on any atom is -0.480 e. The molecule has 0 saturated carbocycles. The number of amides is 2. The highest BCUT2D eigenvalue weighted by molar-refractivity contribution is 6.30. The van der Waals surface area contributed by atoms with Gasteiger partial charge in [-0.3, -0.25) is 14.4 Å². The number of benzene rings is 1. The second-order valence-corrected chi connectivity index (χ2v) is 5.51. The van der Waals surface area contributed by atoms with Crippen LogP contribution in [0.1, 0.15) is 31.7 Å². The van der Waals surface area contributed by atoms with Crippen LogP contribution in [0, 0.1) is 0 Å². The minimum absolute atomic E-state index is 0.109. The van der Waals surface area contributed by atoms with Crippen molar-refractivity contribution in [1.82, 2.24) is 10.2 Å². The smallest absolute Gasteiger partial charge is 0.323 e. The largest absolute Gasteiger partial charge is 0.480 e. The van der Waals surface area contributed by atoms with Crippen LogP contribution in [0.15, 0.2) is 24.3 Å². The standard InChI is InChI=1S/C16H21ClN2O4/c1-2-18-14(20)4-3-5-15(21)19(11-16(22)23)10-12-6-8-13(17)9-7-12/h6-9H,2-5,10-11H2,1H3,(H,18,20)(H,22,23). The number of aliphatic carboxylic acids is 1. The fourth-order valence-corrected chi connectivity index (χ4v) is 2.18. The van der Waals surface area contributed by atoms with E-state index in [1.165, 1.54) is 4.90 Å². The van der Waals surface area contributed by atoms with Gasteiger partial charge in [-0.1, -0.05) is 23.7 Å². The van der Waals surface area contributed by atoms with Crippen molar-refractivity contribution < 1.29 is 19.5 Å². The van der Waals surface area contributed by atoms with Gasteiger partial charge in [0.15, 0.2) is 0 Å². The maximum atomic E-state index is 12.2. The highest BCUT2D eigenvalue weighted by atomic mass is 35.5. The van der Waals surface area contributed by atoms with Crippen molar-refractivity contribution in [3.05, 3.63) is 34.9 Å². The molecule has 0 heterocycles. The summed E-state index contributed by atoms with van der Waals surface area (Å²) in [7, 11) is 0. The van der Waals surface area contributed by atoms with Crippen LogP contribution in [0.3, 0.4) is 0 Å². The van der Waals surface area contributed by atoms with E-state index in [1.54, 1.807) is 24.3 Å². The number of carboxylic acid groups (broad SMARTS) is 1. The Kier molecular flexibility index (Phi) is 8.11. The molecule has 2 amide bonds. The molecule has 0 radical (unpaired) electrons. The Bertz CT molecular complexity index is 546. The van der Waals surface area contributed by atoms with Gasteiger partial charge in [-0.15, -0.1) is 0 Å². The number of carbonyl (C=O) groups excluding carboxylic acids is 2. The molecule has 23 heavy (non-hydrogen) atoms. The minimum atomic E-state index is -1.07. The Balaban J connectivity index is 2.58. The molecule has 0 saturated heterocycles. The SMILES string of the molecule is CCNC(=O)CCCC(=O)N(CC(=O)O)Cc1ccc(Cl)cc1. The summed E-state index contributed by atoms with van der Waals surface area (Å²) in [5.74, 6) is -1.47. The first-order valence-electron chi connectivity index (χ1n) is 7.43. The van der Waals surface area contributed by atoms with Crippen molar-refractivity contribution in [2.24, 2.45) is 0 Å². The van der Waals surface area contributed by atoms with E-state index in [4.69, 9.17) is 16.7 Å². The first kappa shape index (κ1) is 19.0. The summed E-state index contributed by atoms with van der Waals surface area (Å²) >= 11 is 5.81. The van der Waals surface area contributed by atoms with Gasteiger partial charge in [0.25, 0.3) is 0 Å². The predicted molar refractivity (Wildman–Crippen MR) is 87.0 cm³/mol. The molecule has 126 valence electrons. The zero-order valence-corrected chi connectivity index (χ0v) is 13.8. The molecule has 0 spiro atoms. The van der Waals surface area contributed by atoms with Crippen molar-refractivity contribution in [1.29, 1.82) is 0 Å². The highest BCUT2D eigenvalue weighted by Crippen LogP contribution is 2.12. The summed E-state index contributed by atoms with van der Waals surface area (Å²) in [6, 6.07) is 6.88. The second kappa shape index (κ2) is 9.84. The quantitative estimate of drug-likeness (QED) is 0.720. The molecule has 0 aliphatic rings. The van der Waals surface area contributed by atoms with Crippen LogP contribution in [0.5, 0.6) is 0 Å². The van der Waals surface area contributed by atoms with E-state index in [9.17, 15) is 14.4 Å². The van der Waals surface area contributed by atoms with Crippen LogP contribution >= 0.6 is 11.6 Å². The summed E-state index contributed by atoms with van der Waals surface area (Å²) in [5, 5.41) is 12.2. The molecule has 0 aliphatic heterocycles. The maximum absolute atomic E-state index is 12.2. The summed E-state index contributed by atoms with van der Waals surface area (Å²) in [6.07, 6.45) is 0.779. The van der Waals surface area contributed by atoms with Gasteiger partial charge in [-0.05, 0) is 31.0 Å². The van der Waals surface area contributed by atoms with E-state index in [2.05, 4.69) is 5.32 Å². The van der Waals surface area contributed by atoms with Gasteiger partial charge in [0.05, 0.1) is 0 Å². The average molecular weight is 341 g/mol. The first-order valence-corrected chi connectivity index (χ1v) is 7.81. The van der Waals surface area contributed by atoms with Crippen LogP contribution in [-0.2, 0) is 20.9 Å². The Hall–Kier alpha value is -2.08. The number of halogens is 1. The van der Waals surface area contributed by atoms with Crippen LogP contribution in [0.2, 0.25) is 5.02 Å². The first-order chi connectivity index (χ1) is 10.9. The Labute approximate surface area is 140 Å². The summed E-state index contributed by atoms with van der Waals surface area (Å²) in [6.45, 7) is 2.20. The zero-order valence-electron chi connectivity index (χ0n) is 13.0. The Morgan fingerprint density at radius 2 is 1.83 bits per heavy atom. The molecule has 1 rings (SSSR count). The van der Waals surface area contributed by atoms with E-state index in [0.717, 1.165) is 5.56 Å². The lowest BCUT2D eigenvalue weighted by Gasteiger charge is -2.21. The van der Waals surface area contributed by atoms with E-state index in [1.807, 2.05) is 6.92 Å². The van der Waals surface area contributed by atoms with Crippen LogP contribution in [-0.4, -0.2) is 40.9 Å². The highest BCUT2D eigenvalue weighted by Gasteiger charge is 2.17. The van der Waals surface area contributed by atoms with E-state index >= 15 is 0 Å². The van der Waals surface area contributed by atoms with Gasteiger partial charge in [0, 0.05) is 31.0 Å². The van der Waals surface area contributed by atoms with Crippen molar-refractivity contribution in [2.45, 2.75) is 32.7 Å². The van der Waals surface area contributed by atoms with Crippen LogP contribution in [0.25, 0.3) is 0 Å². The van der Waals surface area contributed by atoms with Gasteiger partial charge in [0.2, 0.25) is 11.8 Å². The van der Waals surface area contributed by atoms with Crippen molar-refractivity contribution in [3.63, 3.8) is 0 Å². The zero-order chi connectivity index (χ0) is 17.2. The normalized spacial score (nSPS) is 10.2. The molecule has 0 aliphatic carbocycles. The van der Waals surface area contributed by atoms with Crippen LogP contribution in [0.4, 0.5) is 0 Å². The Morgan fingerprint density at radius 1 is 1.17 bits per heavy atom. The second-order valence-electron chi connectivity index (χ2n) is 5.08. The van der Waals surface area contributed by atoms with Gasteiger partial charge < -0.3 is 15.3 Å². The molecule has 1 aromatic carbocycles. The summed E-state index contributed by atoms with van der Waals surface area (Å²) < 4.78 is 0. The number of carboxylic acids is 1. The lowest BCUT2D eigenvalue weighted by Crippen LogP contribution is -2.35. The molecule has 0 bridgehead atoms. The number of nitrogens with zero attached hydrogens (tertiary/aromatic N) is 1. The molecule has 0 atom stereocenters. The van der Waals surface area contributed by atoms with Gasteiger partial charge >= 0.3 is 5.97 Å². The third-order valence-electron chi connectivity index (χ3n) is 3.13. The summed E-state index contributed by atoms with van der Waals surface area (Å²) in [5.41, 5.74) is 0.799. The molecule has 7 heteroatoms. The van der Waals surface area contributed by atoms with Gasteiger partial charge in [0.1, 0.15) is 6.54 Å². The Morgan fingerprint density at radius 3 is 2.39 bits per heavy atom. The lowest BCUT2D eigenvalue weighted by molar-refractivity contribution is -0.145. The molecule has 0 fully saturated rings. The number of carbonyl (C=O) groups is 3. The molecule has 0 unspecified atom stereocenters. The molecular weight excluding hydrogens is 320 g/mol. The fourth-order valence-electron chi connectivity index (χ4n) is 2.05. The third-order valence-corrected chi connectivity index (χ3v) is 3.39. The lowest BCUT2D eigenvalue weighted by atomic mass is 10.1. The summed E-state index contributed by atoms with van der Waals surface area (Å²) in [4.78, 5) is 35.8. The topological polar surface area (TPSA) is 86.7 Å². The molecule has 0 aromatic heterocycles. The number of hydrogen-bond donors (Lipinski definition) is 2. The van der Waals surface area contributed by atoms with Crippen molar-refractivity contribution >= 4 is 29.4 Å². The van der Waals surface area contributed by atoms with Crippen molar-refractivity contribution in [2.75, 3.05) is 13.1 Å². The fraction of sp³-hybridized carbons (Fsp3) is 0.438. The number of hydrogen-bond acceptors (Lipinski definition) is 3. The van der Waals surface area contributed by atoms with Crippen LogP contribution < -0.4 is 5.32 Å². The van der Waals surface area contributed by atoms with Crippen molar-refractivity contribution in [3.8, 4) is 0 Å². The van der Waals surface area contributed by atoms with Gasteiger partial charge in [-0.2, -0.15) is 0 Å². The average Bonchev–Trinajstić information content (AvgIpc) is 2.48. The van der Waals surface area contributed by atoms with Gasteiger partial charge in [-0.25, -0.2) is 0 Å². The maximum Gasteiger partial charge on any atom is 0.323 e. The molecule has 6 nitrogen and oxygen atoms in total. The third kappa shape index (κ3) is 7.65. The van der Waals surface area contributed by atoms with E-state index < -0.39 is 5.97 Å². The van der Waals surface area contributed by atoms with E-state index in [0.29, 0.717) is 18.0 Å². The predicted octanol–water partition coefficient (Wildman–Crippen LogP) is 2.06.